The van der Waals surface area contributed by atoms with Crippen LogP contribution >= 0.6 is 0 Å². The van der Waals surface area contributed by atoms with Crippen molar-refractivity contribution in [2.45, 2.75) is 32.7 Å². The van der Waals surface area contributed by atoms with Crippen LogP contribution in [0.3, 0.4) is 0 Å². The fraction of sp³-hybridized carbons (Fsp3) is 0.250. The number of benzene rings is 2. The second-order valence-corrected chi connectivity index (χ2v) is 8.97. The van der Waals surface area contributed by atoms with Crippen LogP contribution in [0, 0.1) is 11.6 Å². The van der Waals surface area contributed by atoms with Crippen LogP contribution in [0.2, 0.25) is 0 Å². The lowest BCUT2D eigenvalue weighted by Gasteiger charge is -2.46. The number of pyridine rings is 1. The van der Waals surface area contributed by atoms with E-state index in [1.54, 1.807) is 4.90 Å². The number of nitrogens with one attached hydrogen (secondary N) is 1. The summed E-state index contributed by atoms with van der Waals surface area (Å²) in [5.41, 5.74) is -0.124. The minimum Gasteiger partial charge on any atom is -0.482 e. The molecule has 3 aromatic rings. The summed E-state index contributed by atoms with van der Waals surface area (Å²) < 4.78 is 34.8. The van der Waals surface area contributed by atoms with E-state index in [4.69, 9.17) is 4.74 Å². The zero-order valence-electron chi connectivity index (χ0n) is 20.7. The van der Waals surface area contributed by atoms with Gasteiger partial charge in [-0.25, -0.2) is 8.78 Å². The van der Waals surface area contributed by atoms with Gasteiger partial charge in [0.25, 0.3) is 11.8 Å². The molecule has 10 heteroatoms. The van der Waals surface area contributed by atoms with Gasteiger partial charge < -0.3 is 15.0 Å². The summed E-state index contributed by atoms with van der Waals surface area (Å²) in [6.07, 6.45) is 5.55. The van der Waals surface area contributed by atoms with Crippen LogP contribution in [0.25, 0.3) is 0 Å². The van der Waals surface area contributed by atoms with E-state index in [-0.39, 0.29) is 47.8 Å². The second kappa shape index (κ2) is 10.5. The summed E-state index contributed by atoms with van der Waals surface area (Å²) in [7, 11) is 0. The largest absolute Gasteiger partial charge is 0.482 e. The highest BCUT2D eigenvalue weighted by Crippen LogP contribution is 2.28. The lowest BCUT2D eigenvalue weighted by molar-refractivity contribution is 0.0623. The maximum Gasteiger partial charge on any atom is 0.278 e. The fourth-order valence-corrected chi connectivity index (χ4v) is 4.68. The molecule has 2 aromatic carbocycles. The molecule has 0 spiro atoms. The molecule has 1 atom stereocenters. The van der Waals surface area contributed by atoms with Gasteiger partial charge in [-0.2, -0.15) is 0 Å². The van der Waals surface area contributed by atoms with Crippen molar-refractivity contribution in [3.63, 3.8) is 0 Å². The molecule has 2 aliphatic rings. The fourth-order valence-electron chi connectivity index (χ4n) is 4.68. The van der Waals surface area contributed by atoms with Crippen LogP contribution in [0.15, 0.2) is 71.7 Å². The first kappa shape index (κ1) is 25.2. The van der Waals surface area contributed by atoms with Crippen LogP contribution in [0.1, 0.15) is 45.3 Å². The molecule has 38 heavy (non-hydrogen) atoms. The van der Waals surface area contributed by atoms with Gasteiger partial charge in [-0.05, 0) is 31.1 Å². The number of fused-ring (bicyclic) bond motifs is 3. The monoisotopic (exact) mass is 520 g/mol. The molecule has 0 saturated carbocycles. The van der Waals surface area contributed by atoms with E-state index in [1.807, 2.05) is 54.4 Å². The Labute approximate surface area is 217 Å². The number of rotatable bonds is 7. The predicted octanol–water partition coefficient (Wildman–Crippen LogP) is 3.34. The van der Waals surface area contributed by atoms with Crippen LogP contribution in [0.4, 0.5) is 8.78 Å². The van der Waals surface area contributed by atoms with Gasteiger partial charge in [-0.15, -0.1) is 0 Å². The zero-order valence-corrected chi connectivity index (χ0v) is 20.7. The molecule has 0 aliphatic carbocycles. The molecule has 2 aliphatic heterocycles. The Morgan fingerprint density at radius 1 is 1.13 bits per heavy atom. The van der Waals surface area contributed by atoms with Crippen molar-refractivity contribution in [3.8, 4) is 5.75 Å². The lowest BCUT2D eigenvalue weighted by atomic mass is 10.1. The summed E-state index contributed by atoms with van der Waals surface area (Å²) in [4.78, 5) is 42.0. The second-order valence-electron chi connectivity index (χ2n) is 8.97. The standard InChI is InChI=1S/C28H26F2N4O4/c1-2-32-23-10-6-7-13-33(23)34-16-21(27(36)31-15-19-11-12-20(29)14-22(19)30)25(35)26(24(34)28(32)37)38-17-18-8-4-3-5-9-18/h3-6,8-12,14,16,23H,2,7,13,15,17H2,1H3,(H,31,36)/t23-/m0/s1. The third-order valence-electron chi connectivity index (χ3n) is 6.61. The van der Waals surface area contributed by atoms with Gasteiger partial charge in [-0.3, -0.25) is 24.1 Å². The first-order valence-electron chi connectivity index (χ1n) is 12.3. The van der Waals surface area contributed by atoms with Gasteiger partial charge in [0.2, 0.25) is 5.43 Å². The van der Waals surface area contributed by atoms with Gasteiger partial charge in [0.1, 0.15) is 30.0 Å². The summed E-state index contributed by atoms with van der Waals surface area (Å²) in [6.45, 7) is 2.55. The van der Waals surface area contributed by atoms with E-state index < -0.39 is 23.0 Å². The minimum atomic E-state index is -0.812. The van der Waals surface area contributed by atoms with Gasteiger partial charge in [0.15, 0.2) is 11.4 Å². The molecule has 2 amide bonds. The third kappa shape index (κ3) is 4.65. The SMILES string of the molecule is CCN1C(=O)c2c(OCc3ccccc3)c(=O)c(C(=O)NCc3ccc(F)cc3F)cn2N2CCC=C[C@@H]12. The number of hydrogen-bond donors (Lipinski definition) is 1. The number of carbonyl (C=O) groups excluding carboxylic acids is 2. The number of halogens is 2. The smallest absolute Gasteiger partial charge is 0.278 e. The Morgan fingerprint density at radius 2 is 1.92 bits per heavy atom. The van der Waals surface area contributed by atoms with Crippen molar-refractivity contribution in [2.75, 3.05) is 18.1 Å². The Hall–Kier alpha value is -4.47. The van der Waals surface area contributed by atoms with E-state index >= 15 is 0 Å². The van der Waals surface area contributed by atoms with Crippen molar-refractivity contribution >= 4 is 11.8 Å². The molecule has 0 unspecified atom stereocenters. The first-order chi connectivity index (χ1) is 18.4. The maximum absolute atomic E-state index is 14.1. The predicted molar refractivity (Wildman–Crippen MR) is 136 cm³/mol. The van der Waals surface area contributed by atoms with E-state index in [0.29, 0.717) is 19.5 Å². The van der Waals surface area contributed by atoms with Crippen LogP contribution in [0.5, 0.6) is 5.75 Å². The average Bonchev–Trinajstić information content (AvgIpc) is 2.92. The van der Waals surface area contributed by atoms with Crippen molar-refractivity contribution in [2.24, 2.45) is 0 Å². The molecule has 196 valence electrons. The molecule has 8 nitrogen and oxygen atoms in total. The molecular formula is C28H26F2N4O4. The highest BCUT2D eigenvalue weighted by Gasteiger charge is 2.40. The highest BCUT2D eigenvalue weighted by molar-refractivity contribution is 5.99. The molecule has 0 saturated heterocycles. The number of aromatic nitrogens is 1. The average molecular weight is 521 g/mol. The number of amides is 2. The van der Waals surface area contributed by atoms with Crippen molar-refractivity contribution in [1.82, 2.24) is 14.9 Å². The Morgan fingerprint density at radius 3 is 2.66 bits per heavy atom. The summed E-state index contributed by atoms with van der Waals surface area (Å²) in [6, 6.07) is 12.2. The van der Waals surface area contributed by atoms with E-state index in [0.717, 1.165) is 17.7 Å². The van der Waals surface area contributed by atoms with Crippen LogP contribution in [-0.2, 0) is 13.2 Å². The third-order valence-corrected chi connectivity index (χ3v) is 6.61. The molecular weight excluding hydrogens is 494 g/mol. The van der Waals surface area contributed by atoms with E-state index in [2.05, 4.69) is 5.32 Å². The molecule has 1 aromatic heterocycles. The maximum atomic E-state index is 14.1. The van der Waals surface area contributed by atoms with E-state index in [1.165, 1.54) is 16.9 Å². The summed E-state index contributed by atoms with van der Waals surface area (Å²) >= 11 is 0. The molecule has 3 heterocycles. The summed E-state index contributed by atoms with van der Waals surface area (Å²) in [5.74, 6) is -2.94. The number of ether oxygens (including phenoxy) is 1. The van der Waals surface area contributed by atoms with Gasteiger partial charge >= 0.3 is 0 Å². The molecule has 0 radical (unpaired) electrons. The quantitative estimate of drug-likeness (QED) is 0.484. The molecule has 0 bridgehead atoms. The number of hydrogen-bond acceptors (Lipinski definition) is 5. The topological polar surface area (TPSA) is 83.9 Å². The normalized spacial score (nSPS) is 16.2. The number of likely N-dealkylation sites (N-methyl/N-ethyl adjacent to an activating group) is 1. The summed E-state index contributed by atoms with van der Waals surface area (Å²) in [5, 5.41) is 4.42. The lowest BCUT2D eigenvalue weighted by Crippen LogP contribution is -2.62. The Balaban J connectivity index is 1.56. The van der Waals surface area contributed by atoms with Crippen molar-refractivity contribution in [1.29, 1.82) is 0 Å². The van der Waals surface area contributed by atoms with Gasteiger partial charge in [-0.1, -0.05) is 42.5 Å². The van der Waals surface area contributed by atoms with Gasteiger partial charge in [0.05, 0.1) is 0 Å². The molecule has 5 rings (SSSR count). The number of carbonyl (C=O) groups is 2. The highest BCUT2D eigenvalue weighted by atomic mass is 19.1. The number of nitrogens with zero attached hydrogens (tertiary/aromatic N) is 3. The van der Waals surface area contributed by atoms with Crippen molar-refractivity contribution < 1.29 is 23.1 Å². The van der Waals surface area contributed by atoms with E-state index in [9.17, 15) is 23.2 Å². The Kier molecular flexibility index (Phi) is 6.95. The minimum absolute atomic E-state index is 0.0116. The molecule has 0 fully saturated rings. The molecule has 1 N–H and O–H groups in total. The van der Waals surface area contributed by atoms with Crippen LogP contribution < -0.4 is 20.5 Å². The van der Waals surface area contributed by atoms with Crippen molar-refractivity contribution in [3.05, 3.63) is 111 Å². The Bertz CT molecular complexity index is 1470. The van der Waals surface area contributed by atoms with Gasteiger partial charge in [0, 0.05) is 37.5 Å². The van der Waals surface area contributed by atoms with Crippen LogP contribution in [-0.4, -0.2) is 40.6 Å². The zero-order chi connectivity index (χ0) is 26.8. The first-order valence-corrected chi connectivity index (χ1v) is 12.3.